The molecule has 0 aliphatic carbocycles. The number of benzene rings is 2. The Bertz CT molecular complexity index is 975. The molecule has 1 fully saturated rings. The molecule has 0 unspecified atom stereocenters. The van der Waals surface area contributed by atoms with Crippen LogP contribution >= 0.6 is 0 Å². The summed E-state index contributed by atoms with van der Waals surface area (Å²) >= 11 is 0. The number of likely N-dealkylation sites (tertiary alicyclic amines) is 1. The Morgan fingerprint density at radius 1 is 1.03 bits per heavy atom. The highest BCUT2D eigenvalue weighted by Crippen LogP contribution is 2.18. The van der Waals surface area contributed by atoms with Gasteiger partial charge in [0.25, 0.3) is 5.91 Å². The van der Waals surface area contributed by atoms with Crippen LogP contribution in [0.25, 0.3) is 10.9 Å². The minimum absolute atomic E-state index is 0.00283. The van der Waals surface area contributed by atoms with E-state index in [1.54, 1.807) is 24.3 Å². The van der Waals surface area contributed by atoms with Crippen LogP contribution in [-0.4, -0.2) is 41.5 Å². The van der Waals surface area contributed by atoms with E-state index in [4.69, 9.17) is 4.74 Å². The largest absolute Gasteiger partial charge is 0.484 e. The molecule has 7 heteroatoms. The Balaban J connectivity index is 1.27. The highest BCUT2D eigenvalue weighted by atomic mass is 16.5. The summed E-state index contributed by atoms with van der Waals surface area (Å²) in [5.41, 5.74) is 2.57. The van der Waals surface area contributed by atoms with E-state index in [0.717, 1.165) is 42.5 Å². The average molecular weight is 392 g/mol. The third-order valence-corrected chi connectivity index (χ3v) is 4.94. The van der Waals surface area contributed by atoms with Gasteiger partial charge in [-0.25, -0.2) is 4.79 Å². The van der Waals surface area contributed by atoms with Gasteiger partial charge in [-0.2, -0.15) is 0 Å². The van der Waals surface area contributed by atoms with Crippen molar-refractivity contribution >= 4 is 28.5 Å². The first kappa shape index (κ1) is 18.9. The summed E-state index contributed by atoms with van der Waals surface area (Å²) in [5, 5.41) is 6.73. The van der Waals surface area contributed by atoms with Crippen LogP contribution in [0.1, 0.15) is 18.5 Å². The van der Waals surface area contributed by atoms with Crippen molar-refractivity contribution < 1.29 is 14.3 Å². The fraction of sp³-hybridized carbons (Fsp3) is 0.273. The molecular weight excluding hydrogens is 368 g/mol. The van der Waals surface area contributed by atoms with E-state index in [1.807, 2.05) is 35.2 Å². The first-order valence-electron chi connectivity index (χ1n) is 9.79. The average Bonchev–Trinajstić information content (AvgIpc) is 3.40. The predicted molar refractivity (Wildman–Crippen MR) is 112 cm³/mol. The summed E-state index contributed by atoms with van der Waals surface area (Å²) in [6.07, 6.45) is 2.11. The lowest BCUT2D eigenvalue weighted by atomic mass is 10.2. The fourth-order valence-electron chi connectivity index (χ4n) is 3.45. The number of H-pyrrole nitrogens is 1. The van der Waals surface area contributed by atoms with Crippen LogP contribution in [0.3, 0.4) is 0 Å². The number of carbonyl (C=O) groups is 2. The van der Waals surface area contributed by atoms with Crippen molar-refractivity contribution in [3.05, 3.63) is 60.3 Å². The van der Waals surface area contributed by atoms with Gasteiger partial charge in [0.1, 0.15) is 5.75 Å². The first-order valence-corrected chi connectivity index (χ1v) is 9.79. The van der Waals surface area contributed by atoms with E-state index >= 15 is 0 Å². The molecule has 1 aliphatic heterocycles. The molecule has 4 rings (SSSR count). The molecule has 150 valence electrons. The van der Waals surface area contributed by atoms with E-state index < -0.39 is 0 Å². The molecule has 1 saturated heterocycles. The Kier molecular flexibility index (Phi) is 5.65. The van der Waals surface area contributed by atoms with Crippen LogP contribution in [0, 0.1) is 0 Å². The SMILES string of the molecule is O=C(NCc1cc2ccccc2[nH]1)Nc1cccc(OCC(=O)N2CCCC2)c1. The number of ether oxygens (including phenoxy) is 1. The van der Waals surface area contributed by atoms with Crippen molar-refractivity contribution in [3.63, 3.8) is 0 Å². The molecule has 0 spiro atoms. The van der Waals surface area contributed by atoms with Crippen molar-refractivity contribution in [2.24, 2.45) is 0 Å². The Morgan fingerprint density at radius 2 is 1.86 bits per heavy atom. The summed E-state index contributed by atoms with van der Waals surface area (Å²) < 4.78 is 5.60. The van der Waals surface area contributed by atoms with Crippen molar-refractivity contribution in [2.75, 3.05) is 25.0 Å². The molecule has 2 aromatic carbocycles. The van der Waals surface area contributed by atoms with Crippen LogP contribution in [0.4, 0.5) is 10.5 Å². The van der Waals surface area contributed by atoms with Crippen LogP contribution in [0.15, 0.2) is 54.6 Å². The summed E-state index contributed by atoms with van der Waals surface area (Å²) in [4.78, 5) is 29.4. The third kappa shape index (κ3) is 4.87. The van der Waals surface area contributed by atoms with E-state index in [0.29, 0.717) is 18.0 Å². The summed E-state index contributed by atoms with van der Waals surface area (Å²) in [6.45, 7) is 2.01. The molecule has 0 atom stereocenters. The van der Waals surface area contributed by atoms with Gasteiger partial charge in [0.2, 0.25) is 0 Å². The molecule has 0 bridgehead atoms. The van der Waals surface area contributed by atoms with E-state index in [-0.39, 0.29) is 18.5 Å². The molecule has 1 aromatic heterocycles. The molecule has 3 N–H and O–H groups in total. The van der Waals surface area contributed by atoms with E-state index in [9.17, 15) is 9.59 Å². The van der Waals surface area contributed by atoms with Gasteiger partial charge in [0.15, 0.2) is 6.61 Å². The van der Waals surface area contributed by atoms with Crippen molar-refractivity contribution in [2.45, 2.75) is 19.4 Å². The lowest BCUT2D eigenvalue weighted by Crippen LogP contribution is -2.32. The lowest BCUT2D eigenvalue weighted by molar-refractivity contribution is -0.132. The number of hydrogen-bond donors (Lipinski definition) is 3. The molecule has 3 aromatic rings. The Morgan fingerprint density at radius 3 is 2.69 bits per heavy atom. The monoisotopic (exact) mass is 392 g/mol. The van der Waals surface area contributed by atoms with Crippen LogP contribution in [-0.2, 0) is 11.3 Å². The molecule has 7 nitrogen and oxygen atoms in total. The first-order chi connectivity index (χ1) is 14.2. The van der Waals surface area contributed by atoms with Gasteiger partial charge in [-0.15, -0.1) is 0 Å². The summed E-state index contributed by atoms with van der Waals surface area (Å²) in [6, 6.07) is 16.7. The maximum absolute atomic E-state index is 12.2. The third-order valence-electron chi connectivity index (χ3n) is 4.94. The predicted octanol–water partition coefficient (Wildman–Crippen LogP) is 3.49. The zero-order chi connectivity index (χ0) is 20.1. The maximum atomic E-state index is 12.2. The van der Waals surface area contributed by atoms with Gasteiger partial charge < -0.3 is 25.3 Å². The number of urea groups is 1. The molecule has 0 saturated carbocycles. The lowest BCUT2D eigenvalue weighted by Gasteiger charge is -2.15. The quantitative estimate of drug-likeness (QED) is 0.600. The second-order valence-electron chi connectivity index (χ2n) is 7.09. The standard InChI is InChI=1S/C22H24N4O3/c27-21(26-10-3-4-11-26)15-29-19-8-5-7-17(13-19)25-22(28)23-14-18-12-16-6-1-2-9-20(16)24-18/h1-2,5-9,12-13,24H,3-4,10-11,14-15H2,(H2,23,25,28). The number of aromatic amines is 1. The van der Waals surface area contributed by atoms with Gasteiger partial charge in [0.05, 0.1) is 6.54 Å². The Hall–Kier alpha value is -3.48. The molecule has 3 amide bonds. The van der Waals surface area contributed by atoms with Gasteiger partial charge in [-0.05, 0) is 42.5 Å². The number of carbonyl (C=O) groups excluding carboxylic acids is 2. The smallest absolute Gasteiger partial charge is 0.319 e. The molecule has 2 heterocycles. The topological polar surface area (TPSA) is 86.5 Å². The second-order valence-corrected chi connectivity index (χ2v) is 7.09. The zero-order valence-electron chi connectivity index (χ0n) is 16.1. The van der Waals surface area contributed by atoms with Crippen molar-refractivity contribution in [3.8, 4) is 5.75 Å². The number of hydrogen-bond acceptors (Lipinski definition) is 3. The van der Waals surface area contributed by atoms with Gasteiger partial charge >= 0.3 is 6.03 Å². The number of anilines is 1. The minimum Gasteiger partial charge on any atom is -0.484 e. The number of aromatic nitrogens is 1. The number of para-hydroxylation sites is 1. The van der Waals surface area contributed by atoms with Gasteiger partial charge in [-0.3, -0.25) is 4.79 Å². The van der Waals surface area contributed by atoms with Crippen LogP contribution in [0.2, 0.25) is 0 Å². The molecule has 29 heavy (non-hydrogen) atoms. The van der Waals surface area contributed by atoms with Gasteiger partial charge in [-0.1, -0.05) is 24.3 Å². The van der Waals surface area contributed by atoms with Crippen molar-refractivity contribution in [1.82, 2.24) is 15.2 Å². The molecule has 1 aliphatic rings. The second kappa shape index (κ2) is 8.68. The summed E-state index contributed by atoms with van der Waals surface area (Å²) in [7, 11) is 0. The normalized spacial score (nSPS) is 13.4. The molecular formula is C22H24N4O3. The number of rotatable bonds is 6. The number of fused-ring (bicyclic) bond motifs is 1. The van der Waals surface area contributed by atoms with E-state index in [1.165, 1.54) is 0 Å². The maximum Gasteiger partial charge on any atom is 0.319 e. The van der Waals surface area contributed by atoms with Crippen LogP contribution < -0.4 is 15.4 Å². The number of amides is 3. The van der Waals surface area contributed by atoms with E-state index in [2.05, 4.69) is 15.6 Å². The highest BCUT2D eigenvalue weighted by molar-refractivity contribution is 5.89. The van der Waals surface area contributed by atoms with Crippen molar-refractivity contribution in [1.29, 1.82) is 0 Å². The van der Waals surface area contributed by atoms with Crippen LogP contribution in [0.5, 0.6) is 5.75 Å². The molecule has 0 radical (unpaired) electrons. The number of nitrogens with zero attached hydrogens (tertiary/aromatic N) is 1. The minimum atomic E-state index is -0.311. The zero-order valence-corrected chi connectivity index (χ0v) is 16.1. The number of nitrogens with one attached hydrogen (secondary N) is 3. The van der Waals surface area contributed by atoms with Gasteiger partial charge in [0, 0.05) is 36.1 Å². The fourth-order valence-corrected chi connectivity index (χ4v) is 3.45. The Labute approximate surface area is 169 Å². The summed E-state index contributed by atoms with van der Waals surface area (Å²) in [5.74, 6) is 0.544. The highest BCUT2D eigenvalue weighted by Gasteiger charge is 2.18.